The summed E-state index contributed by atoms with van der Waals surface area (Å²) in [5, 5.41) is 2.85. The van der Waals surface area contributed by atoms with Gasteiger partial charge in [-0.15, -0.1) is 0 Å². The van der Waals surface area contributed by atoms with Crippen LogP contribution in [0.15, 0.2) is 22.6 Å². The van der Waals surface area contributed by atoms with Crippen molar-refractivity contribution in [3.05, 3.63) is 29.7 Å². The Morgan fingerprint density at radius 3 is 2.71 bits per heavy atom. The van der Waals surface area contributed by atoms with Crippen LogP contribution in [0.25, 0.3) is 6.08 Å². The van der Waals surface area contributed by atoms with E-state index in [2.05, 4.69) is 12.2 Å². The van der Waals surface area contributed by atoms with Gasteiger partial charge in [0.05, 0.1) is 6.61 Å². The monoisotopic (exact) mass is 331 g/mol. The van der Waals surface area contributed by atoms with Crippen molar-refractivity contribution in [1.82, 2.24) is 5.32 Å². The summed E-state index contributed by atoms with van der Waals surface area (Å²) in [7, 11) is 0. The topological polar surface area (TPSA) is 68.5 Å². The Kier molecular flexibility index (Phi) is 4.78. The molecule has 5 heteroatoms. The van der Waals surface area contributed by atoms with Gasteiger partial charge in [0.1, 0.15) is 17.1 Å². The van der Waals surface area contributed by atoms with Crippen LogP contribution < -0.4 is 5.32 Å². The Hall–Kier alpha value is -2.04. The summed E-state index contributed by atoms with van der Waals surface area (Å²) >= 11 is 0. The van der Waals surface area contributed by atoms with Crippen LogP contribution >= 0.6 is 0 Å². The van der Waals surface area contributed by atoms with Crippen LogP contribution in [-0.4, -0.2) is 24.0 Å². The summed E-state index contributed by atoms with van der Waals surface area (Å²) in [5.41, 5.74) is -0.866. The van der Waals surface area contributed by atoms with E-state index in [1.807, 2.05) is 12.1 Å². The molecule has 0 radical (unpaired) electrons. The molecule has 2 saturated carbocycles. The van der Waals surface area contributed by atoms with Crippen molar-refractivity contribution in [2.75, 3.05) is 6.61 Å². The zero-order valence-corrected chi connectivity index (χ0v) is 14.3. The summed E-state index contributed by atoms with van der Waals surface area (Å²) < 4.78 is 10.9. The van der Waals surface area contributed by atoms with Crippen molar-refractivity contribution in [3.8, 4) is 0 Å². The van der Waals surface area contributed by atoms with Gasteiger partial charge in [0.2, 0.25) is 5.91 Å². The largest absolute Gasteiger partial charge is 0.464 e. The van der Waals surface area contributed by atoms with E-state index >= 15 is 0 Å². The van der Waals surface area contributed by atoms with Crippen molar-refractivity contribution in [2.45, 2.75) is 57.4 Å². The highest BCUT2D eigenvalue weighted by molar-refractivity contribution is 5.96. The van der Waals surface area contributed by atoms with Gasteiger partial charge in [0.15, 0.2) is 0 Å². The molecule has 2 unspecified atom stereocenters. The standard InChI is InChI=1S/C19H25NO4/c1-3-23-18(22)19(10-4-5-11-19)20-17(21)9-7-14-6-8-16(24-14)15-12-13(15)2/h6-9,13,15H,3-5,10-12H2,1-2H3,(H,20,21)/b9-7+. The maximum absolute atomic E-state index is 12.2. The first-order valence-corrected chi connectivity index (χ1v) is 8.81. The molecule has 2 atom stereocenters. The average molecular weight is 331 g/mol. The van der Waals surface area contributed by atoms with Gasteiger partial charge in [-0.3, -0.25) is 4.79 Å². The normalized spacial score (nSPS) is 24.9. The summed E-state index contributed by atoms with van der Waals surface area (Å²) in [6.07, 6.45) is 7.36. The number of amides is 1. The zero-order valence-electron chi connectivity index (χ0n) is 14.3. The van der Waals surface area contributed by atoms with Gasteiger partial charge in [-0.25, -0.2) is 4.79 Å². The fourth-order valence-corrected chi connectivity index (χ4v) is 3.44. The molecule has 1 N–H and O–H groups in total. The first kappa shape index (κ1) is 16.8. The predicted octanol–water partition coefficient (Wildman–Crippen LogP) is 3.41. The molecule has 3 rings (SSSR count). The number of carbonyl (C=O) groups excluding carboxylic acids is 2. The SMILES string of the molecule is CCOC(=O)C1(NC(=O)/C=C/c2ccc(C3CC3C)o2)CCCC1. The Morgan fingerprint density at radius 1 is 1.38 bits per heavy atom. The number of nitrogens with one attached hydrogen (secondary N) is 1. The molecule has 1 aromatic heterocycles. The quantitative estimate of drug-likeness (QED) is 0.641. The second-order valence-electron chi connectivity index (χ2n) is 6.89. The van der Waals surface area contributed by atoms with Crippen LogP contribution in [-0.2, 0) is 14.3 Å². The fraction of sp³-hybridized carbons (Fsp3) is 0.579. The second-order valence-corrected chi connectivity index (χ2v) is 6.89. The van der Waals surface area contributed by atoms with Crippen molar-refractivity contribution in [2.24, 2.45) is 5.92 Å². The minimum atomic E-state index is -0.866. The number of ether oxygens (including phenoxy) is 1. The molecule has 130 valence electrons. The first-order valence-electron chi connectivity index (χ1n) is 8.81. The molecule has 1 amide bonds. The van der Waals surface area contributed by atoms with Gasteiger partial charge in [-0.2, -0.15) is 0 Å². The molecule has 1 aromatic rings. The number of furan rings is 1. The third-order valence-electron chi connectivity index (χ3n) is 5.01. The van der Waals surface area contributed by atoms with E-state index in [0.29, 0.717) is 37.0 Å². The lowest BCUT2D eigenvalue weighted by molar-refractivity contribution is -0.152. The van der Waals surface area contributed by atoms with Crippen LogP contribution in [0.1, 0.15) is 63.4 Å². The van der Waals surface area contributed by atoms with Crippen molar-refractivity contribution in [1.29, 1.82) is 0 Å². The Balaban J connectivity index is 1.61. The summed E-state index contributed by atoms with van der Waals surface area (Å²) in [4.78, 5) is 24.5. The van der Waals surface area contributed by atoms with E-state index < -0.39 is 5.54 Å². The predicted molar refractivity (Wildman–Crippen MR) is 90.2 cm³/mol. The van der Waals surface area contributed by atoms with Gasteiger partial charge in [-0.05, 0) is 50.3 Å². The van der Waals surface area contributed by atoms with E-state index in [1.54, 1.807) is 13.0 Å². The minimum absolute atomic E-state index is 0.289. The summed E-state index contributed by atoms with van der Waals surface area (Å²) in [6, 6.07) is 3.85. The lowest BCUT2D eigenvalue weighted by atomic mass is 9.97. The van der Waals surface area contributed by atoms with Gasteiger partial charge in [0.25, 0.3) is 0 Å². The molecule has 0 aromatic carbocycles. The molecule has 0 aliphatic heterocycles. The molecule has 2 aliphatic carbocycles. The second kappa shape index (κ2) is 6.83. The van der Waals surface area contributed by atoms with Crippen LogP contribution in [0.4, 0.5) is 0 Å². The highest BCUT2D eigenvalue weighted by Crippen LogP contribution is 2.47. The molecular weight excluding hydrogens is 306 g/mol. The molecular formula is C19H25NO4. The zero-order chi connectivity index (χ0) is 17.2. The third kappa shape index (κ3) is 3.55. The lowest BCUT2D eigenvalue weighted by Crippen LogP contribution is -2.52. The molecule has 2 fully saturated rings. The van der Waals surface area contributed by atoms with Crippen LogP contribution in [0.3, 0.4) is 0 Å². The van der Waals surface area contributed by atoms with E-state index in [4.69, 9.17) is 9.15 Å². The molecule has 1 heterocycles. The average Bonchev–Trinajstić information content (AvgIpc) is 2.96. The van der Waals surface area contributed by atoms with Gasteiger partial charge >= 0.3 is 5.97 Å². The van der Waals surface area contributed by atoms with Crippen molar-refractivity contribution in [3.63, 3.8) is 0 Å². The van der Waals surface area contributed by atoms with Crippen molar-refractivity contribution < 1.29 is 18.7 Å². The molecule has 0 bridgehead atoms. The van der Waals surface area contributed by atoms with Crippen molar-refractivity contribution >= 4 is 18.0 Å². The third-order valence-corrected chi connectivity index (χ3v) is 5.01. The van der Waals surface area contributed by atoms with Gasteiger partial charge in [-0.1, -0.05) is 19.8 Å². The van der Waals surface area contributed by atoms with Gasteiger partial charge < -0.3 is 14.5 Å². The van der Waals surface area contributed by atoms with Crippen LogP contribution in [0.2, 0.25) is 0 Å². The lowest BCUT2D eigenvalue weighted by Gasteiger charge is -2.27. The number of hydrogen-bond donors (Lipinski definition) is 1. The van der Waals surface area contributed by atoms with E-state index in [-0.39, 0.29) is 11.9 Å². The smallest absolute Gasteiger partial charge is 0.331 e. The first-order chi connectivity index (χ1) is 11.5. The Bertz CT molecular complexity index is 640. The van der Waals surface area contributed by atoms with Crippen LogP contribution in [0, 0.1) is 5.92 Å². The van der Waals surface area contributed by atoms with E-state index in [1.165, 1.54) is 12.5 Å². The Morgan fingerprint density at radius 2 is 2.08 bits per heavy atom. The highest BCUT2D eigenvalue weighted by Gasteiger charge is 2.43. The maximum atomic E-state index is 12.2. The number of rotatable bonds is 6. The molecule has 5 nitrogen and oxygen atoms in total. The molecule has 24 heavy (non-hydrogen) atoms. The summed E-state index contributed by atoms with van der Waals surface area (Å²) in [5.74, 6) is 2.24. The number of esters is 1. The van der Waals surface area contributed by atoms with Gasteiger partial charge in [0, 0.05) is 12.0 Å². The highest BCUT2D eigenvalue weighted by atomic mass is 16.5. The molecule has 0 spiro atoms. The molecule has 2 aliphatic rings. The Labute approximate surface area is 142 Å². The van der Waals surface area contributed by atoms with E-state index in [9.17, 15) is 9.59 Å². The minimum Gasteiger partial charge on any atom is -0.464 e. The molecule has 0 saturated heterocycles. The fourth-order valence-electron chi connectivity index (χ4n) is 3.44. The number of carbonyl (C=O) groups is 2. The van der Waals surface area contributed by atoms with E-state index in [0.717, 1.165) is 18.6 Å². The van der Waals surface area contributed by atoms with Crippen LogP contribution in [0.5, 0.6) is 0 Å². The maximum Gasteiger partial charge on any atom is 0.331 e. The summed E-state index contributed by atoms with van der Waals surface area (Å²) in [6.45, 7) is 4.30. The number of hydrogen-bond acceptors (Lipinski definition) is 4.